The van der Waals surface area contributed by atoms with Crippen LogP contribution in [0.1, 0.15) is 72.1 Å². The van der Waals surface area contributed by atoms with Crippen LogP contribution in [0.5, 0.6) is 0 Å². The number of hydrogen-bond donors (Lipinski definition) is 1. The van der Waals surface area contributed by atoms with E-state index in [0.717, 1.165) is 18.3 Å². The molecule has 19 heavy (non-hydrogen) atoms. The molecule has 0 aliphatic rings. The number of carbonyl (C=O) groups is 1. The maximum Gasteiger partial charge on any atom is 0.407 e. The van der Waals surface area contributed by atoms with Crippen LogP contribution in [0, 0.1) is 0 Å². The molecular weight excluding hydrogens is 306 g/mol. The molecule has 0 atom stereocenters. The summed E-state index contributed by atoms with van der Waals surface area (Å²) in [6.45, 7) is 6.35. The van der Waals surface area contributed by atoms with E-state index in [4.69, 9.17) is 4.74 Å². The Hall–Kier alpha value is -0.250. The van der Waals surface area contributed by atoms with Crippen LogP contribution in [-0.4, -0.2) is 23.6 Å². The molecule has 0 aromatic rings. The molecule has 0 saturated carbocycles. The van der Waals surface area contributed by atoms with Crippen molar-refractivity contribution in [3.63, 3.8) is 0 Å². The minimum Gasteiger partial charge on any atom is -0.444 e. The van der Waals surface area contributed by atoms with E-state index >= 15 is 0 Å². The van der Waals surface area contributed by atoms with Gasteiger partial charge in [0.05, 0.1) is 0 Å². The van der Waals surface area contributed by atoms with Crippen molar-refractivity contribution in [3.05, 3.63) is 0 Å². The summed E-state index contributed by atoms with van der Waals surface area (Å²) in [5, 5.41) is 3.92. The zero-order chi connectivity index (χ0) is 14.6. The van der Waals surface area contributed by atoms with Gasteiger partial charge in [0.15, 0.2) is 0 Å². The number of nitrogens with one attached hydrogen (secondary N) is 1. The smallest absolute Gasteiger partial charge is 0.407 e. The van der Waals surface area contributed by atoms with Gasteiger partial charge in [-0.25, -0.2) is 4.79 Å². The van der Waals surface area contributed by atoms with Crippen molar-refractivity contribution in [1.82, 2.24) is 5.32 Å². The van der Waals surface area contributed by atoms with Gasteiger partial charge in [-0.2, -0.15) is 0 Å². The van der Waals surface area contributed by atoms with Gasteiger partial charge in [0.1, 0.15) is 5.60 Å². The quantitative estimate of drug-likeness (QED) is 0.449. The zero-order valence-corrected chi connectivity index (χ0v) is 14.4. The Labute approximate surface area is 127 Å². The van der Waals surface area contributed by atoms with E-state index in [9.17, 15) is 4.79 Å². The maximum absolute atomic E-state index is 11.4. The van der Waals surface area contributed by atoms with E-state index < -0.39 is 5.60 Å². The molecule has 0 saturated heterocycles. The summed E-state index contributed by atoms with van der Waals surface area (Å²) < 4.78 is 5.17. The normalized spacial score (nSPS) is 11.4. The third-order valence-electron chi connectivity index (χ3n) is 2.73. The molecule has 0 unspecified atom stereocenters. The van der Waals surface area contributed by atoms with Gasteiger partial charge in [-0.1, -0.05) is 54.5 Å². The third kappa shape index (κ3) is 15.7. The first-order valence-electron chi connectivity index (χ1n) is 7.48. The van der Waals surface area contributed by atoms with Crippen molar-refractivity contribution in [3.8, 4) is 0 Å². The summed E-state index contributed by atoms with van der Waals surface area (Å²) in [5.41, 5.74) is -0.404. The molecule has 0 heterocycles. The highest BCUT2D eigenvalue weighted by molar-refractivity contribution is 9.09. The lowest BCUT2D eigenvalue weighted by Gasteiger charge is -2.19. The highest BCUT2D eigenvalue weighted by atomic mass is 79.9. The van der Waals surface area contributed by atoms with Crippen molar-refractivity contribution in [1.29, 1.82) is 0 Å². The predicted molar refractivity (Wildman–Crippen MR) is 85.0 cm³/mol. The first-order valence-corrected chi connectivity index (χ1v) is 8.60. The molecule has 3 nitrogen and oxygen atoms in total. The first-order chi connectivity index (χ1) is 8.95. The summed E-state index contributed by atoms with van der Waals surface area (Å²) >= 11 is 3.45. The van der Waals surface area contributed by atoms with Crippen LogP contribution in [0.4, 0.5) is 4.79 Å². The number of halogens is 1. The lowest BCUT2D eigenvalue weighted by atomic mass is 10.1. The Morgan fingerprint density at radius 3 is 1.89 bits per heavy atom. The van der Waals surface area contributed by atoms with Gasteiger partial charge in [-0.3, -0.25) is 0 Å². The summed E-state index contributed by atoms with van der Waals surface area (Å²) in [5.74, 6) is 0. The molecule has 1 N–H and O–H groups in total. The number of ether oxygens (including phenoxy) is 1. The molecular formula is C15H30BrNO2. The average Bonchev–Trinajstić information content (AvgIpc) is 2.29. The van der Waals surface area contributed by atoms with Gasteiger partial charge in [0.25, 0.3) is 0 Å². The lowest BCUT2D eigenvalue weighted by Crippen LogP contribution is -2.32. The molecule has 4 heteroatoms. The minimum atomic E-state index is -0.404. The second kappa shape index (κ2) is 11.6. The number of alkyl halides is 1. The lowest BCUT2D eigenvalue weighted by molar-refractivity contribution is 0.0527. The maximum atomic E-state index is 11.4. The molecule has 0 aliphatic heterocycles. The Kier molecular flexibility index (Phi) is 11.4. The van der Waals surface area contributed by atoms with E-state index in [2.05, 4.69) is 21.2 Å². The Bertz CT molecular complexity index is 227. The number of unbranched alkanes of at least 4 members (excludes halogenated alkanes) is 7. The van der Waals surface area contributed by atoms with Crippen molar-refractivity contribution >= 4 is 22.0 Å². The SMILES string of the molecule is CC(C)(C)OC(=O)NCCCCCCCCCCBr. The topological polar surface area (TPSA) is 38.3 Å². The van der Waals surface area contributed by atoms with E-state index in [1.54, 1.807) is 0 Å². The number of hydrogen-bond acceptors (Lipinski definition) is 2. The number of rotatable bonds is 10. The monoisotopic (exact) mass is 335 g/mol. The van der Waals surface area contributed by atoms with Gasteiger partial charge >= 0.3 is 6.09 Å². The standard InChI is InChI=1S/C15H30BrNO2/c1-15(2,3)19-14(18)17-13-11-9-7-5-4-6-8-10-12-16/h4-13H2,1-3H3,(H,17,18). The van der Waals surface area contributed by atoms with Gasteiger partial charge in [-0.15, -0.1) is 0 Å². The summed E-state index contributed by atoms with van der Waals surface area (Å²) in [4.78, 5) is 11.4. The van der Waals surface area contributed by atoms with Crippen LogP contribution in [0.3, 0.4) is 0 Å². The Balaban J connectivity index is 3.21. The van der Waals surface area contributed by atoms with Gasteiger partial charge < -0.3 is 10.1 Å². The molecule has 1 amide bonds. The number of carbonyl (C=O) groups excluding carboxylic acids is 1. The zero-order valence-electron chi connectivity index (χ0n) is 12.8. The second-order valence-corrected chi connectivity index (χ2v) is 6.74. The van der Waals surface area contributed by atoms with Crippen molar-refractivity contribution in [2.45, 2.75) is 77.7 Å². The van der Waals surface area contributed by atoms with Crippen LogP contribution in [0.2, 0.25) is 0 Å². The van der Waals surface area contributed by atoms with Crippen molar-refractivity contribution < 1.29 is 9.53 Å². The summed E-state index contributed by atoms with van der Waals surface area (Å²) in [7, 11) is 0. The molecule has 0 fully saturated rings. The first kappa shape index (κ1) is 18.8. The van der Waals surface area contributed by atoms with Crippen LogP contribution in [0.25, 0.3) is 0 Å². The van der Waals surface area contributed by atoms with E-state index in [1.807, 2.05) is 20.8 Å². The highest BCUT2D eigenvalue weighted by Gasteiger charge is 2.15. The predicted octanol–water partition coefficient (Wildman–Crippen LogP) is 5.03. The number of alkyl carbamates (subject to hydrolysis) is 1. The highest BCUT2D eigenvalue weighted by Crippen LogP contribution is 2.09. The van der Waals surface area contributed by atoms with Crippen LogP contribution in [0.15, 0.2) is 0 Å². The Morgan fingerprint density at radius 1 is 0.947 bits per heavy atom. The summed E-state index contributed by atoms with van der Waals surface area (Å²) in [6.07, 6.45) is 9.83. The third-order valence-corrected chi connectivity index (χ3v) is 3.29. The Morgan fingerprint density at radius 2 is 1.42 bits per heavy atom. The van der Waals surface area contributed by atoms with Crippen molar-refractivity contribution in [2.24, 2.45) is 0 Å². The van der Waals surface area contributed by atoms with Crippen LogP contribution >= 0.6 is 15.9 Å². The molecule has 0 aromatic carbocycles. The number of amides is 1. The van der Waals surface area contributed by atoms with Gasteiger partial charge in [0.2, 0.25) is 0 Å². The summed E-state index contributed by atoms with van der Waals surface area (Å²) in [6, 6.07) is 0. The van der Waals surface area contributed by atoms with E-state index in [-0.39, 0.29) is 6.09 Å². The minimum absolute atomic E-state index is 0.303. The largest absolute Gasteiger partial charge is 0.444 e. The fourth-order valence-electron chi connectivity index (χ4n) is 1.78. The van der Waals surface area contributed by atoms with E-state index in [0.29, 0.717) is 0 Å². The molecule has 0 aliphatic carbocycles. The van der Waals surface area contributed by atoms with E-state index in [1.165, 1.54) is 44.9 Å². The molecule has 114 valence electrons. The fraction of sp³-hybridized carbons (Fsp3) is 0.933. The molecule has 0 aromatic heterocycles. The van der Waals surface area contributed by atoms with Crippen LogP contribution in [-0.2, 0) is 4.74 Å². The molecule has 0 spiro atoms. The van der Waals surface area contributed by atoms with Gasteiger partial charge in [-0.05, 0) is 33.6 Å². The second-order valence-electron chi connectivity index (χ2n) is 5.95. The van der Waals surface area contributed by atoms with Crippen molar-refractivity contribution in [2.75, 3.05) is 11.9 Å². The molecule has 0 radical (unpaired) electrons. The fourth-order valence-corrected chi connectivity index (χ4v) is 2.18. The average molecular weight is 336 g/mol. The van der Waals surface area contributed by atoms with Gasteiger partial charge in [0, 0.05) is 11.9 Å². The molecule has 0 rings (SSSR count). The van der Waals surface area contributed by atoms with Crippen LogP contribution < -0.4 is 5.32 Å². The molecule has 0 bridgehead atoms.